The smallest absolute Gasteiger partial charge is 0.150 e. The van der Waals surface area contributed by atoms with Gasteiger partial charge in [-0.25, -0.2) is 4.98 Å². The van der Waals surface area contributed by atoms with Crippen molar-refractivity contribution in [3.8, 4) is 5.75 Å². The van der Waals surface area contributed by atoms with Gasteiger partial charge in [0, 0.05) is 12.1 Å². The van der Waals surface area contributed by atoms with Gasteiger partial charge in [0.25, 0.3) is 0 Å². The van der Waals surface area contributed by atoms with Crippen LogP contribution in [-0.4, -0.2) is 22.4 Å². The molecule has 0 aliphatic rings. The van der Waals surface area contributed by atoms with Crippen molar-refractivity contribution in [3.05, 3.63) is 60.4 Å². The summed E-state index contributed by atoms with van der Waals surface area (Å²) >= 11 is 0. The summed E-state index contributed by atoms with van der Waals surface area (Å²) in [6.45, 7) is 1.46. The summed E-state index contributed by atoms with van der Waals surface area (Å²) in [5.41, 5.74) is 2.78. The van der Waals surface area contributed by atoms with Crippen molar-refractivity contribution in [1.29, 1.82) is 0 Å². The number of carbonyl (C=O) groups excluding carboxylic acids is 1. The third-order valence-corrected chi connectivity index (χ3v) is 3.33. The molecule has 0 aliphatic carbocycles. The van der Waals surface area contributed by atoms with Crippen LogP contribution in [0.1, 0.15) is 16.8 Å². The zero-order valence-electron chi connectivity index (χ0n) is 11.6. The Bertz CT molecular complexity index is 749. The number of rotatable bonds is 6. The highest BCUT2D eigenvalue weighted by atomic mass is 16.5. The Balaban J connectivity index is 1.55. The molecule has 3 rings (SSSR count). The molecule has 1 heterocycles. The van der Waals surface area contributed by atoms with Crippen molar-refractivity contribution in [2.45, 2.75) is 13.0 Å². The van der Waals surface area contributed by atoms with E-state index in [1.165, 1.54) is 0 Å². The molecule has 0 N–H and O–H groups in total. The zero-order chi connectivity index (χ0) is 14.5. The number of aldehydes is 1. The summed E-state index contributed by atoms with van der Waals surface area (Å²) in [4.78, 5) is 15.1. The van der Waals surface area contributed by atoms with Crippen LogP contribution in [0.3, 0.4) is 0 Å². The van der Waals surface area contributed by atoms with E-state index in [-0.39, 0.29) is 0 Å². The Kier molecular flexibility index (Phi) is 3.96. The average molecular weight is 280 g/mol. The average Bonchev–Trinajstić information content (AvgIpc) is 2.95. The van der Waals surface area contributed by atoms with Gasteiger partial charge in [0.2, 0.25) is 0 Å². The highest BCUT2D eigenvalue weighted by molar-refractivity contribution is 5.75. The van der Waals surface area contributed by atoms with Crippen LogP contribution in [0.2, 0.25) is 0 Å². The second-order valence-corrected chi connectivity index (χ2v) is 4.82. The summed E-state index contributed by atoms with van der Waals surface area (Å²) in [5, 5.41) is 0. The Labute approximate surface area is 123 Å². The van der Waals surface area contributed by atoms with Gasteiger partial charge in [-0.15, -0.1) is 0 Å². The predicted octanol–water partition coefficient (Wildman–Crippen LogP) is 3.32. The number of aromatic nitrogens is 2. The first-order chi connectivity index (χ1) is 10.4. The van der Waals surface area contributed by atoms with Gasteiger partial charge in [-0.2, -0.15) is 0 Å². The number of carbonyl (C=O) groups is 1. The van der Waals surface area contributed by atoms with Crippen molar-refractivity contribution < 1.29 is 9.53 Å². The zero-order valence-corrected chi connectivity index (χ0v) is 11.6. The minimum atomic E-state index is 0.606. The van der Waals surface area contributed by atoms with E-state index in [1.807, 2.05) is 36.7 Å². The van der Waals surface area contributed by atoms with Gasteiger partial charge in [-0.05, 0) is 30.7 Å². The van der Waals surface area contributed by atoms with Gasteiger partial charge < -0.3 is 9.30 Å². The monoisotopic (exact) mass is 280 g/mol. The minimum Gasteiger partial charge on any atom is -0.494 e. The molecular formula is C17H16N2O2. The normalized spacial score (nSPS) is 10.7. The maximum Gasteiger partial charge on any atom is 0.150 e. The van der Waals surface area contributed by atoms with Crippen LogP contribution >= 0.6 is 0 Å². The van der Waals surface area contributed by atoms with Crippen LogP contribution in [-0.2, 0) is 6.54 Å². The molecular weight excluding hydrogens is 264 g/mol. The van der Waals surface area contributed by atoms with Crippen LogP contribution in [0, 0.1) is 0 Å². The van der Waals surface area contributed by atoms with Crippen molar-refractivity contribution >= 4 is 17.3 Å². The van der Waals surface area contributed by atoms with Crippen LogP contribution in [0.25, 0.3) is 11.0 Å². The predicted molar refractivity (Wildman–Crippen MR) is 81.7 cm³/mol. The number of hydrogen-bond donors (Lipinski definition) is 0. The van der Waals surface area contributed by atoms with Gasteiger partial charge in [-0.1, -0.05) is 24.3 Å². The molecule has 106 valence electrons. The van der Waals surface area contributed by atoms with E-state index in [0.29, 0.717) is 12.2 Å². The molecule has 0 atom stereocenters. The standard InChI is InChI=1S/C17H16N2O2/c20-12-14-5-3-6-15(11-14)21-10-4-9-19-13-18-16-7-1-2-8-17(16)19/h1-3,5-8,11-13H,4,9-10H2. The molecule has 0 fully saturated rings. The fraction of sp³-hybridized carbons (Fsp3) is 0.176. The van der Waals surface area contributed by atoms with Crippen LogP contribution in [0.5, 0.6) is 5.75 Å². The highest BCUT2D eigenvalue weighted by Gasteiger charge is 2.01. The Morgan fingerprint density at radius 1 is 1.14 bits per heavy atom. The molecule has 0 saturated heterocycles. The number of nitrogens with zero attached hydrogens (tertiary/aromatic N) is 2. The van der Waals surface area contributed by atoms with E-state index < -0.39 is 0 Å². The number of hydrogen-bond acceptors (Lipinski definition) is 3. The summed E-state index contributed by atoms with van der Waals surface area (Å²) in [6.07, 6.45) is 3.56. The van der Waals surface area contributed by atoms with Gasteiger partial charge in [0.15, 0.2) is 0 Å². The molecule has 21 heavy (non-hydrogen) atoms. The summed E-state index contributed by atoms with van der Waals surface area (Å²) in [7, 11) is 0. The molecule has 4 nitrogen and oxygen atoms in total. The molecule has 1 aromatic heterocycles. The fourth-order valence-corrected chi connectivity index (χ4v) is 2.29. The van der Waals surface area contributed by atoms with Gasteiger partial charge in [0.05, 0.1) is 24.0 Å². The fourth-order valence-electron chi connectivity index (χ4n) is 2.29. The SMILES string of the molecule is O=Cc1cccc(OCCCn2cnc3ccccc32)c1. The lowest BCUT2D eigenvalue weighted by atomic mass is 10.2. The van der Waals surface area contributed by atoms with Gasteiger partial charge in [0.1, 0.15) is 12.0 Å². The van der Waals surface area contributed by atoms with Crippen molar-refractivity contribution in [1.82, 2.24) is 9.55 Å². The first-order valence-corrected chi connectivity index (χ1v) is 6.95. The minimum absolute atomic E-state index is 0.606. The maximum atomic E-state index is 10.7. The maximum absolute atomic E-state index is 10.7. The van der Waals surface area contributed by atoms with Crippen LogP contribution in [0.4, 0.5) is 0 Å². The number of ether oxygens (including phenoxy) is 1. The number of aryl methyl sites for hydroxylation is 1. The van der Waals surface area contributed by atoms with Crippen molar-refractivity contribution in [2.75, 3.05) is 6.61 Å². The molecule has 0 amide bonds. The lowest BCUT2D eigenvalue weighted by Gasteiger charge is -2.07. The number of benzene rings is 2. The van der Waals surface area contributed by atoms with E-state index in [2.05, 4.69) is 15.6 Å². The summed E-state index contributed by atoms with van der Waals surface area (Å²) in [6, 6.07) is 15.3. The third-order valence-electron chi connectivity index (χ3n) is 3.33. The number of para-hydroxylation sites is 2. The molecule has 0 spiro atoms. The van der Waals surface area contributed by atoms with E-state index in [0.717, 1.165) is 36.0 Å². The van der Waals surface area contributed by atoms with Crippen LogP contribution in [0.15, 0.2) is 54.9 Å². The first-order valence-electron chi connectivity index (χ1n) is 6.95. The topological polar surface area (TPSA) is 44.1 Å². The molecule has 4 heteroatoms. The molecule has 2 aromatic carbocycles. The summed E-state index contributed by atoms with van der Waals surface area (Å²) in [5.74, 6) is 0.732. The lowest BCUT2D eigenvalue weighted by molar-refractivity contribution is 0.112. The van der Waals surface area contributed by atoms with Gasteiger partial charge in [-0.3, -0.25) is 4.79 Å². The first kappa shape index (κ1) is 13.4. The quantitative estimate of drug-likeness (QED) is 0.514. The van der Waals surface area contributed by atoms with Crippen molar-refractivity contribution in [2.24, 2.45) is 0 Å². The van der Waals surface area contributed by atoms with E-state index in [1.54, 1.807) is 12.1 Å². The van der Waals surface area contributed by atoms with Crippen molar-refractivity contribution in [3.63, 3.8) is 0 Å². The Hall–Kier alpha value is -2.62. The van der Waals surface area contributed by atoms with Gasteiger partial charge >= 0.3 is 0 Å². The molecule has 3 aromatic rings. The Morgan fingerprint density at radius 2 is 2.05 bits per heavy atom. The summed E-state index contributed by atoms with van der Waals surface area (Å²) < 4.78 is 7.79. The van der Waals surface area contributed by atoms with Crippen LogP contribution < -0.4 is 4.74 Å². The Morgan fingerprint density at radius 3 is 2.95 bits per heavy atom. The molecule has 0 aliphatic heterocycles. The molecule has 0 radical (unpaired) electrons. The van der Waals surface area contributed by atoms with E-state index in [4.69, 9.17) is 4.74 Å². The highest BCUT2D eigenvalue weighted by Crippen LogP contribution is 2.14. The molecule has 0 bridgehead atoms. The lowest BCUT2D eigenvalue weighted by Crippen LogP contribution is -2.03. The second-order valence-electron chi connectivity index (χ2n) is 4.82. The largest absolute Gasteiger partial charge is 0.494 e. The van der Waals surface area contributed by atoms with E-state index in [9.17, 15) is 4.79 Å². The third kappa shape index (κ3) is 3.11. The molecule has 0 saturated carbocycles. The molecule has 0 unspecified atom stereocenters. The second kappa shape index (κ2) is 6.22. The number of imidazole rings is 1. The van der Waals surface area contributed by atoms with E-state index >= 15 is 0 Å². The number of fused-ring (bicyclic) bond motifs is 1.